The van der Waals surface area contributed by atoms with Gasteiger partial charge in [-0.2, -0.15) is 0 Å². The van der Waals surface area contributed by atoms with Crippen molar-refractivity contribution in [1.82, 2.24) is 15.5 Å². The smallest absolute Gasteiger partial charge is 0.203 e. The zero-order valence-corrected chi connectivity index (χ0v) is 22.5. The number of benzene rings is 2. The minimum atomic E-state index is 0. The van der Waals surface area contributed by atoms with Gasteiger partial charge in [-0.1, -0.05) is 30.7 Å². The van der Waals surface area contributed by atoms with Crippen LogP contribution >= 0.6 is 24.0 Å². The molecule has 0 aliphatic carbocycles. The van der Waals surface area contributed by atoms with Crippen LogP contribution in [0.25, 0.3) is 0 Å². The van der Waals surface area contributed by atoms with Crippen LogP contribution in [0.5, 0.6) is 17.2 Å². The van der Waals surface area contributed by atoms with E-state index < -0.39 is 0 Å². The molecule has 1 heterocycles. The normalized spacial score (nSPS) is 14.2. The number of aliphatic imine (C=N–C) groups is 1. The summed E-state index contributed by atoms with van der Waals surface area (Å²) in [6, 6.07) is 12.7. The van der Waals surface area contributed by atoms with E-state index in [2.05, 4.69) is 44.8 Å². The number of nitrogens with zero attached hydrogens (tertiary/aromatic N) is 2. The maximum absolute atomic E-state index is 5.56. The van der Waals surface area contributed by atoms with Crippen LogP contribution in [0.3, 0.4) is 0 Å². The van der Waals surface area contributed by atoms with Crippen molar-refractivity contribution in [1.29, 1.82) is 0 Å². The number of nitrogens with one attached hydrogen (secondary N) is 2. The lowest BCUT2D eigenvalue weighted by Crippen LogP contribution is -2.36. The first-order valence-electron chi connectivity index (χ1n) is 11.2. The van der Waals surface area contributed by atoms with Gasteiger partial charge in [-0.3, -0.25) is 9.89 Å². The number of methoxy groups -OCH3 is 3. The van der Waals surface area contributed by atoms with Crippen molar-refractivity contribution in [3.63, 3.8) is 0 Å². The molecule has 0 unspecified atom stereocenters. The highest BCUT2D eigenvalue weighted by atomic mass is 127. The molecule has 0 spiro atoms. The van der Waals surface area contributed by atoms with Crippen molar-refractivity contribution in [2.24, 2.45) is 4.99 Å². The lowest BCUT2D eigenvalue weighted by Gasteiger charge is -2.26. The third-order valence-corrected chi connectivity index (χ3v) is 5.79. The molecule has 3 rings (SSSR count). The Hall–Kier alpha value is -2.20. The first-order chi connectivity index (χ1) is 15.7. The summed E-state index contributed by atoms with van der Waals surface area (Å²) >= 11 is 0. The van der Waals surface area contributed by atoms with Crippen molar-refractivity contribution < 1.29 is 14.2 Å². The molecule has 1 fully saturated rings. The molecule has 2 N–H and O–H groups in total. The molecule has 1 aliphatic heterocycles. The van der Waals surface area contributed by atoms with E-state index in [-0.39, 0.29) is 24.0 Å². The number of ether oxygens (including phenoxy) is 3. The van der Waals surface area contributed by atoms with Gasteiger partial charge in [0.25, 0.3) is 0 Å². The standard InChI is InChI=1S/C25H36N4O3.HI/c1-26-25(28-17-21-12-13-22(30-2)24(32-4)23(21)31-3)27-16-19-8-10-20(11-9-19)18-29-14-6-5-7-15-29;/h8-13H,5-7,14-18H2,1-4H3,(H2,26,27,28);1H. The molecular weight excluding hydrogens is 531 g/mol. The third kappa shape index (κ3) is 7.67. The van der Waals surface area contributed by atoms with Crippen LogP contribution in [-0.4, -0.2) is 52.3 Å². The average molecular weight is 569 g/mol. The number of rotatable bonds is 9. The Balaban J connectivity index is 0.00000385. The van der Waals surface area contributed by atoms with Gasteiger partial charge in [0, 0.05) is 32.2 Å². The molecule has 1 saturated heterocycles. The molecule has 2 aromatic rings. The average Bonchev–Trinajstić information content (AvgIpc) is 2.85. The first kappa shape index (κ1) is 27.0. The Morgan fingerprint density at radius 3 is 2.06 bits per heavy atom. The van der Waals surface area contributed by atoms with E-state index in [1.807, 2.05) is 12.1 Å². The Morgan fingerprint density at radius 2 is 1.45 bits per heavy atom. The van der Waals surface area contributed by atoms with E-state index in [1.165, 1.54) is 43.5 Å². The highest BCUT2D eigenvalue weighted by molar-refractivity contribution is 14.0. The lowest BCUT2D eigenvalue weighted by atomic mass is 10.1. The summed E-state index contributed by atoms with van der Waals surface area (Å²) in [5, 5.41) is 6.72. The van der Waals surface area contributed by atoms with Crippen LogP contribution in [0, 0.1) is 0 Å². The maximum Gasteiger partial charge on any atom is 0.203 e. The largest absolute Gasteiger partial charge is 0.493 e. The summed E-state index contributed by atoms with van der Waals surface area (Å²) < 4.78 is 16.4. The van der Waals surface area contributed by atoms with Crippen LogP contribution in [-0.2, 0) is 19.6 Å². The van der Waals surface area contributed by atoms with Crippen LogP contribution in [0.15, 0.2) is 41.4 Å². The molecule has 0 atom stereocenters. The van der Waals surface area contributed by atoms with Gasteiger partial charge in [0.1, 0.15) is 0 Å². The predicted molar refractivity (Wildman–Crippen MR) is 144 cm³/mol. The fourth-order valence-electron chi connectivity index (χ4n) is 4.03. The molecule has 0 saturated carbocycles. The van der Waals surface area contributed by atoms with Gasteiger partial charge >= 0.3 is 0 Å². The quantitative estimate of drug-likeness (QED) is 0.269. The fraction of sp³-hybridized carbons (Fsp3) is 0.480. The summed E-state index contributed by atoms with van der Waals surface area (Å²) in [5.41, 5.74) is 3.55. The van der Waals surface area contributed by atoms with Crippen LogP contribution in [0.4, 0.5) is 0 Å². The Morgan fingerprint density at radius 1 is 0.818 bits per heavy atom. The minimum absolute atomic E-state index is 0. The number of piperidine rings is 1. The van der Waals surface area contributed by atoms with Crippen molar-refractivity contribution >= 4 is 29.9 Å². The van der Waals surface area contributed by atoms with E-state index in [9.17, 15) is 0 Å². The Labute approximate surface area is 214 Å². The molecule has 8 heteroatoms. The molecule has 0 amide bonds. The zero-order valence-electron chi connectivity index (χ0n) is 20.1. The molecule has 33 heavy (non-hydrogen) atoms. The zero-order chi connectivity index (χ0) is 22.8. The van der Waals surface area contributed by atoms with Gasteiger partial charge < -0.3 is 24.8 Å². The van der Waals surface area contributed by atoms with E-state index in [1.54, 1.807) is 28.4 Å². The molecule has 0 radical (unpaired) electrons. The van der Waals surface area contributed by atoms with E-state index >= 15 is 0 Å². The van der Waals surface area contributed by atoms with Crippen molar-refractivity contribution in [2.75, 3.05) is 41.5 Å². The molecule has 0 bridgehead atoms. The van der Waals surface area contributed by atoms with Gasteiger partial charge in [0.05, 0.1) is 21.3 Å². The summed E-state index contributed by atoms with van der Waals surface area (Å²) in [7, 11) is 6.61. The summed E-state index contributed by atoms with van der Waals surface area (Å²) in [5.74, 6) is 2.60. The van der Waals surface area contributed by atoms with Gasteiger partial charge in [-0.25, -0.2) is 0 Å². The Bertz CT molecular complexity index is 884. The second-order valence-electron chi connectivity index (χ2n) is 7.93. The van der Waals surface area contributed by atoms with Gasteiger partial charge in [0.15, 0.2) is 17.5 Å². The molecule has 2 aromatic carbocycles. The molecular formula is C25H37IN4O3. The van der Waals surface area contributed by atoms with E-state index in [4.69, 9.17) is 14.2 Å². The predicted octanol–water partition coefficient (Wildman–Crippen LogP) is 4.18. The second-order valence-corrected chi connectivity index (χ2v) is 7.93. The topological polar surface area (TPSA) is 67.4 Å². The van der Waals surface area contributed by atoms with Crippen molar-refractivity contribution in [3.05, 3.63) is 53.1 Å². The van der Waals surface area contributed by atoms with Crippen molar-refractivity contribution in [3.8, 4) is 17.2 Å². The van der Waals surface area contributed by atoms with Crippen LogP contribution < -0.4 is 24.8 Å². The highest BCUT2D eigenvalue weighted by Gasteiger charge is 2.16. The van der Waals surface area contributed by atoms with E-state index in [0.717, 1.165) is 18.1 Å². The van der Waals surface area contributed by atoms with Crippen molar-refractivity contribution in [2.45, 2.75) is 38.9 Å². The second kappa shape index (κ2) is 14.1. The van der Waals surface area contributed by atoms with Gasteiger partial charge in [-0.05, 0) is 49.2 Å². The fourth-order valence-corrected chi connectivity index (χ4v) is 4.03. The Kier molecular flexibility index (Phi) is 11.6. The van der Waals surface area contributed by atoms with Crippen LogP contribution in [0.2, 0.25) is 0 Å². The molecule has 1 aliphatic rings. The number of hydrogen-bond donors (Lipinski definition) is 2. The van der Waals surface area contributed by atoms with E-state index in [0.29, 0.717) is 30.3 Å². The number of guanidine groups is 1. The minimum Gasteiger partial charge on any atom is -0.493 e. The summed E-state index contributed by atoms with van der Waals surface area (Å²) in [6.45, 7) is 4.72. The third-order valence-electron chi connectivity index (χ3n) is 5.79. The maximum atomic E-state index is 5.56. The summed E-state index contributed by atoms with van der Waals surface area (Å²) in [4.78, 5) is 6.88. The van der Waals surface area contributed by atoms with Gasteiger partial charge in [-0.15, -0.1) is 24.0 Å². The lowest BCUT2D eigenvalue weighted by molar-refractivity contribution is 0.221. The highest BCUT2D eigenvalue weighted by Crippen LogP contribution is 2.39. The SMILES string of the molecule is CN=C(NCc1ccc(CN2CCCCC2)cc1)NCc1ccc(OC)c(OC)c1OC.I. The number of hydrogen-bond acceptors (Lipinski definition) is 5. The molecule has 7 nitrogen and oxygen atoms in total. The first-order valence-corrected chi connectivity index (χ1v) is 11.2. The molecule has 0 aromatic heterocycles. The molecule has 182 valence electrons. The monoisotopic (exact) mass is 568 g/mol. The number of halogens is 1. The van der Waals surface area contributed by atoms with Crippen LogP contribution in [0.1, 0.15) is 36.0 Å². The number of likely N-dealkylation sites (tertiary alicyclic amines) is 1. The van der Waals surface area contributed by atoms with Gasteiger partial charge in [0.2, 0.25) is 5.75 Å². The summed E-state index contributed by atoms with van der Waals surface area (Å²) in [6.07, 6.45) is 4.02.